The second-order valence-corrected chi connectivity index (χ2v) is 2.39. The number of halogens is 1. The Hall–Kier alpha value is -1.59. The summed E-state index contributed by atoms with van der Waals surface area (Å²) in [7, 11) is 1.45. The maximum atomic E-state index is 13.1. The highest BCUT2D eigenvalue weighted by atomic mass is 19.1. The van der Waals surface area contributed by atoms with Crippen molar-refractivity contribution >= 4 is 11.8 Å². The summed E-state index contributed by atoms with van der Waals surface area (Å²) in [5.74, 6) is -1.81. The lowest BCUT2D eigenvalue weighted by molar-refractivity contribution is 0.0513. The van der Waals surface area contributed by atoms with Gasteiger partial charge in [-0.25, -0.2) is 13.9 Å². The SMILES string of the molecule is CCOC(=O)c1nn(C)c(N)c1F. The van der Waals surface area contributed by atoms with Gasteiger partial charge in [-0.05, 0) is 6.92 Å². The molecule has 0 amide bonds. The Labute approximate surface area is 74.3 Å². The molecule has 0 spiro atoms. The van der Waals surface area contributed by atoms with Gasteiger partial charge in [-0.15, -0.1) is 0 Å². The molecule has 0 aliphatic carbocycles. The number of esters is 1. The Balaban J connectivity index is 3.01. The zero-order valence-corrected chi connectivity index (χ0v) is 7.37. The van der Waals surface area contributed by atoms with E-state index in [1.165, 1.54) is 7.05 Å². The maximum Gasteiger partial charge on any atom is 0.362 e. The molecule has 0 radical (unpaired) electrons. The number of anilines is 1. The van der Waals surface area contributed by atoms with E-state index in [1.54, 1.807) is 6.92 Å². The van der Waals surface area contributed by atoms with Crippen LogP contribution in [0.1, 0.15) is 17.4 Å². The predicted octanol–water partition coefficient (Wildman–Crippen LogP) is 0.318. The zero-order chi connectivity index (χ0) is 10.0. The van der Waals surface area contributed by atoms with Gasteiger partial charge in [0.15, 0.2) is 11.6 Å². The zero-order valence-electron chi connectivity index (χ0n) is 7.37. The summed E-state index contributed by atoms with van der Waals surface area (Å²) in [6.07, 6.45) is 0. The first-order valence-corrected chi connectivity index (χ1v) is 3.73. The quantitative estimate of drug-likeness (QED) is 0.677. The number of ether oxygens (including phenoxy) is 1. The van der Waals surface area contributed by atoms with E-state index in [4.69, 9.17) is 5.73 Å². The monoisotopic (exact) mass is 187 g/mol. The van der Waals surface area contributed by atoms with E-state index in [-0.39, 0.29) is 18.1 Å². The first-order valence-electron chi connectivity index (χ1n) is 3.73. The smallest absolute Gasteiger partial charge is 0.362 e. The van der Waals surface area contributed by atoms with Gasteiger partial charge in [0.1, 0.15) is 0 Å². The lowest BCUT2D eigenvalue weighted by Gasteiger charge is -1.96. The van der Waals surface area contributed by atoms with Crippen molar-refractivity contribution in [3.05, 3.63) is 11.5 Å². The molecular formula is C7H10FN3O2. The Morgan fingerprint density at radius 1 is 1.77 bits per heavy atom. The highest BCUT2D eigenvalue weighted by Crippen LogP contribution is 2.13. The molecule has 72 valence electrons. The lowest BCUT2D eigenvalue weighted by atomic mass is 10.4. The van der Waals surface area contributed by atoms with Crippen LogP contribution >= 0.6 is 0 Å². The molecule has 6 heteroatoms. The number of hydrogen-bond donors (Lipinski definition) is 1. The Kier molecular flexibility index (Phi) is 2.50. The summed E-state index contributed by atoms with van der Waals surface area (Å²) in [6, 6.07) is 0. The molecule has 0 aliphatic heterocycles. The summed E-state index contributed by atoms with van der Waals surface area (Å²) in [5, 5.41) is 3.57. The van der Waals surface area contributed by atoms with Crippen LogP contribution in [-0.4, -0.2) is 22.4 Å². The Bertz CT molecular complexity index is 335. The number of nitrogens with two attached hydrogens (primary N) is 1. The van der Waals surface area contributed by atoms with Crippen LogP contribution in [0.25, 0.3) is 0 Å². The third-order valence-corrected chi connectivity index (χ3v) is 1.50. The molecule has 5 nitrogen and oxygen atoms in total. The van der Waals surface area contributed by atoms with Gasteiger partial charge in [0.25, 0.3) is 0 Å². The van der Waals surface area contributed by atoms with Gasteiger partial charge in [0, 0.05) is 7.05 Å². The minimum Gasteiger partial charge on any atom is -0.461 e. The number of rotatable bonds is 2. The highest BCUT2D eigenvalue weighted by molar-refractivity contribution is 5.88. The summed E-state index contributed by atoms with van der Waals surface area (Å²) < 4.78 is 18.7. The number of carbonyl (C=O) groups is 1. The summed E-state index contributed by atoms with van der Waals surface area (Å²) in [6.45, 7) is 1.80. The second kappa shape index (κ2) is 3.42. The van der Waals surface area contributed by atoms with E-state index in [0.29, 0.717) is 0 Å². The lowest BCUT2D eigenvalue weighted by Crippen LogP contribution is -2.07. The first-order chi connectivity index (χ1) is 6.07. The normalized spacial score (nSPS) is 10.1. The fourth-order valence-electron chi connectivity index (χ4n) is 0.841. The van der Waals surface area contributed by atoms with Crippen LogP contribution in [0.15, 0.2) is 0 Å². The molecule has 0 atom stereocenters. The number of aryl methyl sites for hydroxylation is 1. The number of nitrogen functional groups attached to an aromatic ring is 1. The van der Waals surface area contributed by atoms with Crippen LogP contribution < -0.4 is 5.73 Å². The largest absolute Gasteiger partial charge is 0.461 e. The topological polar surface area (TPSA) is 70.1 Å². The Morgan fingerprint density at radius 3 is 2.77 bits per heavy atom. The molecule has 0 saturated carbocycles. The van der Waals surface area contributed by atoms with Crippen LogP contribution in [-0.2, 0) is 11.8 Å². The van der Waals surface area contributed by atoms with Crippen LogP contribution in [0.2, 0.25) is 0 Å². The minimum atomic E-state index is -0.832. The van der Waals surface area contributed by atoms with Gasteiger partial charge in [-0.3, -0.25) is 0 Å². The standard InChI is InChI=1S/C7H10FN3O2/c1-3-13-7(12)5-4(8)6(9)11(2)10-5/h3,9H2,1-2H3. The molecule has 1 aromatic heterocycles. The number of aromatic nitrogens is 2. The number of hydrogen-bond acceptors (Lipinski definition) is 4. The van der Waals surface area contributed by atoms with Crippen molar-refractivity contribution in [2.75, 3.05) is 12.3 Å². The summed E-state index contributed by atoms with van der Waals surface area (Å²) in [4.78, 5) is 11.0. The third-order valence-electron chi connectivity index (χ3n) is 1.50. The molecule has 0 unspecified atom stereocenters. The fraction of sp³-hybridized carbons (Fsp3) is 0.429. The van der Waals surface area contributed by atoms with Gasteiger partial charge < -0.3 is 10.5 Å². The van der Waals surface area contributed by atoms with Crippen LogP contribution in [0.4, 0.5) is 10.2 Å². The van der Waals surface area contributed by atoms with Gasteiger partial charge >= 0.3 is 5.97 Å². The molecule has 13 heavy (non-hydrogen) atoms. The number of nitrogens with zero attached hydrogens (tertiary/aromatic N) is 2. The van der Waals surface area contributed by atoms with E-state index >= 15 is 0 Å². The maximum absolute atomic E-state index is 13.1. The Morgan fingerprint density at radius 2 is 2.38 bits per heavy atom. The molecule has 1 heterocycles. The van der Waals surface area contributed by atoms with E-state index in [1.807, 2.05) is 0 Å². The second-order valence-electron chi connectivity index (χ2n) is 2.39. The van der Waals surface area contributed by atoms with E-state index in [9.17, 15) is 9.18 Å². The van der Waals surface area contributed by atoms with Crippen LogP contribution in [0.3, 0.4) is 0 Å². The molecule has 0 fully saturated rings. The molecule has 0 bridgehead atoms. The summed E-state index contributed by atoms with van der Waals surface area (Å²) in [5.41, 5.74) is 4.88. The molecule has 1 aromatic rings. The van der Waals surface area contributed by atoms with E-state index < -0.39 is 11.8 Å². The highest BCUT2D eigenvalue weighted by Gasteiger charge is 2.21. The average Bonchev–Trinajstić information content (AvgIpc) is 2.33. The first kappa shape index (κ1) is 9.50. The molecule has 2 N–H and O–H groups in total. The van der Waals surface area contributed by atoms with Crippen molar-refractivity contribution in [3.63, 3.8) is 0 Å². The molecule has 0 saturated heterocycles. The van der Waals surface area contributed by atoms with Crippen molar-refractivity contribution < 1.29 is 13.9 Å². The van der Waals surface area contributed by atoms with Crippen LogP contribution in [0, 0.1) is 5.82 Å². The molecule has 1 rings (SSSR count). The summed E-state index contributed by atoms with van der Waals surface area (Å²) >= 11 is 0. The van der Waals surface area contributed by atoms with Crippen molar-refractivity contribution in [2.24, 2.45) is 7.05 Å². The molecular weight excluding hydrogens is 177 g/mol. The van der Waals surface area contributed by atoms with Crippen molar-refractivity contribution in [3.8, 4) is 0 Å². The predicted molar refractivity (Wildman–Crippen MR) is 43.5 cm³/mol. The average molecular weight is 187 g/mol. The third kappa shape index (κ3) is 1.61. The fourth-order valence-corrected chi connectivity index (χ4v) is 0.841. The van der Waals surface area contributed by atoms with Gasteiger partial charge in [0.2, 0.25) is 5.69 Å². The van der Waals surface area contributed by atoms with E-state index in [2.05, 4.69) is 9.84 Å². The van der Waals surface area contributed by atoms with Crippen molar-refractivity contribution in [1.29, 1.82) is 0 Å². The van der Waals surface area contributed by atoms with Gasteiger partial charge in [-0.1, -0.05) is 0 Å². The van der Waals surface area contributed by atoms with Gasteiger partial charge in [0.05, 0.1) is 6.61 Å². The van der Waals surface area contributed by atoms with Crippen molar-refractivity contribution in [2.45, 2.75) is 6.92 Å². The van der Waals surface area contributed by atoms with Gasteiger partial charge in [-0.2, -0.15) is 5.10 Å². The van der Waals surface area contributed by atoms with Crippen molar-refractivity contribution in [1.82, 2.24) is 9.78 Å². The number of carbonyl (C=O) groups excluding carboxylic acids is 1. The molecule has 0 aromatic carbocycles. The molecule has 0 aliphatic rings. The van der Waals surface area contributed by atoms with E-state index in [0.717, 1.165) is 4.68 Å². The van der Waals surface area contributed by atoms with Crippen LogP contribution in [0.5, 0.6) is 0 Å². The minimum absolute atomic E-state index is 0.175.